The van der Waals surface area contributed by atoms with Crippen molar-refractivity contribution in [3.05, 3.63) is 0 Å². The van der Waals surface area contributed by atoms with Crippen LogP contribution in [0.4, 0.5) is 0 Å². The summed E-state index contributed by atoms with van der Waals surface area (Å²) in [6.45, 7) is 1.80. The molecule has 0 fully saturated rings. The average Bonchev–Trinajstić information content (AvgIpc) is 2.23. The van der Waals surface area contributed by atoms with E-state index in [9.17, 15) is 14.4 Å². The van der Waals surface area contributed by atoms with E-state index in [4.69, 9.17) is 10.8 Å². The third kappa shape index (κ3) is 6.77. The Morgan fingerprint density at radius 1 is 1.38 bits per heavy atom. The van der Waals surface area contributed by atoms with Crippen molar-refractivity contribution in [3.63, 3.8) is 0 Å². The molecule has 7 nitrogen and oxygen atoms in total. The van der Waals surface area contributed by atoms with Crippen LogP contribution < -0.4 is 11.2 Å². The molecule has 0 aromatic heterocycles. The maximum Gasteiger partial charge on any atom is 0.332 e. The highest BCUT2D eigenvalue weighted by molar-refractivity contribution is 5.79. The van der Waals surface area contributed by atoms with Crippen LogP contribution in [0.2, 0.25) is 0 Å². The van der Waals surface area contributed by atoms with Gasteiger partial charge in [0.1, 0.15) is 6.04 Å². The Morgan fingerprint density at radius 3 is 2.50 bits per heavy atom. The van der Waals surface area contributed by atoms with Gasteiger partial charge in [-0.25, -0.2) is 4.79 Å². The number of nitrogens with one attached hydrogen (secondary N) is 1. The Kier molecular flexibility index (Phi) is 6.86. The number of carbonyl (C=O) groups excluding carboxylic acids is 2. The number of hydroxylamine groups is 1. The number of amides is 1. The van der Waals surface area contributed by atoms with Gasteiger partial charge in [-0.15, -0.1) is 0 Å². The second-order valence-corrected chi connectivity index (χ2v) is 3.23. The zero-order valence-electron chi connectivity index (χ0n) is 9.06. The van der Waals surface area contributed by atoms with E-state index in [0.717, 1.165) is 0 Å². The van der Waals surface area contributed by atoms with Crippen molar-refractivity contribution in [2.24, 2.45) is 5.73 Å². The Hall–Kier alpha value is -1.63. The fourth-order valence-corrected chi connectivity index (χ4v) is 0.830. The van der Waals surface area contributed by atoms with Crippen LogP contribution in [0.3, 0.4) is 0 Å². The molecule has 0 aromatic rings. The number of carbonyl (C=O) groups is 3. The third-order valence-electron chi connectivity index (χ3n) is 1.73. The second kappa shape index (κ2) is 7.63. The second-order valence-electron chi connectivity index (χ2n) is 3.23. The predicted molar refractivity (Wildman–Crippen MR) is 54.0 cm³/mol. The Morgan fingerprint density at radius 2 is 2.00 bits per heavy atom. The standard InChI is InChI=1S/C9H16N2O5/c1-2-3-8(13)16-11-7(12)5-4-6(10)9(14)15/h6H,2-5,10H2,1H3,(H,11,12)(H,14,15)/t6-/m0/s1. The topological polar surface area (TPSA) is 119 Å². The summed E-state index contributed by atoms with van der Waals surface area (Å²) < 4.78 is 0. The van der Waals surface area contributed by atoms with E-state index in [0.29, 0.717) is 6.42 Å². The molecule has 0 rings (SSSR count). The molecular formula is C9H16N2O5. The lowest BCUT2D eigenvalue weighted by molar-refractivity contribution is -0.158. The zero-order chi connectivity index (χ0) is 12.6. The lowest BCUT2D eigenvalue weighted by Gasteiger charge is -2.07. The molecule has 0 radical (unpaired) electrons. The largest absolute Gasteiger partial charge is 0.480 e. The minimum absolute atomic E-state index is 0.00745. The van der Waals surface area contributed by atoms with Crippen molar-refractivity contribution in [2.45, 2.75) is 38.6 Å². The van der Waals surface area contributed by atoms with Gasteiger partial charge in [0.15, 0.2) is 0 Å². The molecule has 1 atom stereocenters. The summed E-state index contributed by atoms with van der Waals surface area (Å²) >= 11 is 0. The summed E-state index contributed by atoms with van der Waals surface area (Å²) in [7, 11) is 0. The summed E-state index contributed by atoms with van der Waals surface area (Å²) in [5, 5.41) is 8.44. The van der Waals surface area contributed by atoms with Crippen LogP contribution in [-0.4, -0.2) is 29.0 Å². The van der Waals surface area contributed by atoms with Gasteiger partial charge in [-0.1, -0.05) is 6.92 Å². The van der Waals surface area contributed by atoms with E-state index in [2.05, 4.69) is 4.84 Å². The van der Waals surface area contributed by atoms with E-state index in [1.165, 1.54) is 0 Å². The highest BCUT2D eigenvalue weighted by Crippen LogP contribution is 1.95. The molecule has 0 bridgehead atoms. The van der Waals surface area contributed by atoms with Crippen LogP contribution >= 0.6 is 0 Å². The molecular weight excluding hydrogens is 216 g/mol. The van der Waals surface area contributed by atoms with Crippen molar-refractivity contribution in [3.8, 4) is 0 Å². The highest BCUT2D eigenvalue weighted by atomic mass is 16.7. The highest BCUT2D eigenvalue weighted by Gasteiger charge is 2.14. The van der Waals surface area contributed by atoms with E-state index in [1.807, 2.05) is 5.48 Å². The van der Waals surface area contributed by atoms with Crippen molar-refractivity contribution in [1.29, 1.82) is 0 Å². The summed E-state index contributed by atoms with van der Waals surface area (Å²) in [4.78, 5) is 36.6. The van der Waals surface area contributed by atoms with Gasteiger partial charge >= 0.3 is 11.9 Å². The number of hydrogen-bond donors (Lipinski definition) is 3. The fourth-order valence-electron chi connectivity index (χ4n) is 0.830. The van der Waals surface area contributed by atoms with E-state index in [-0.39, 0.29) is 19.3 Å². The van der Waals surface area contributed by atoms with Gasteiger partial charge in [-0.3, -0.25) is 9.59 Å². The van der Waals surface area contributed by atoms with Crippen molar-refractivity contribution in [1.82, 2.24) is 5.48 Å². The predicted octanol–water partition coefficient (Wildman–Crippen LogP) is -0.447. The molecule has 0 saturated carbocycles. The molecule has 0 aliphatic heterocycles. The monoisotopic (exact) mass is 232 g/mol. The SMILES string of the molecule is CCCC(=O)ONC(=O)CC[C@H](N)C(=O)O. The zero-order valence-corrected chi connectivity index (χ0v) is 9.06. The lowest BCUT2D eigenvalue weighted by Crippen LogP contribution is -2.33. The first-order valence-electron chi connectivity index (χ1n) is 4.94. The third-order valence-corrected chi connectivity index (χ3v) is 1.73. The number of rotatable bonds is 6. The summed E-state index contributed by atoms with van der Waals surface area (Å²) in [6.07, 6.45) is 0.729. The molecule has 0 aliphatic rings. The molecule has 1 amide bonds. The summed E-state index contributed by atoms with van der Waals surface area (Å²) in [6, 6.07) is -1.09. The number of carboxylic acid groups (broad SMARTS) is 1. The first-order valence-corrected chi connectivity index (χ1v) is 4.94. The van der Waals surface area contributed by atoms with E-state index >= 15 is 0 Å². The van der Waals surface area contributed by atoms with Crippen molar-refractivity contribution < 1.29 is 24.3 Å². The van der Waals surface area contributed by atoms with Gasteiger partial charge in [-0.05, 0) is 12.8 Å². The Bertz CT molecular complexity index is 267. The van der Waals surface area contributed by atoms with Gasteiger partial charge in [0.2, 0.25) is 0 Å². The number of nitrogens with two attached hydrogens (primary N) is 1. The smallest absolute Gasteiger partial charge is 0.332 e. The lowest BCUT2D eigenvalue weighted by atomic mass is 10.2. The Balaban J connectivity index is 3.67. The molecule has 0 saturated heterocycles. The maximum atomic E-state index is 11.0. The molecule has 0 unspecified atom stereocenters. The molecule has 0 spiro atoms. The van der Waals surface area contributed by atoms with Gasteiger partial charge in [0, 0.05) is 12.8 Å². The van der Waals surface area contributed by atoms with Gasteiger partial charge < -0.3 is 15.7 Å². The van der Waals surface area contributed by atoms with Crippen LogP contribution in [0.5, 0.6) is 0 Å². The Labute approximate surface area is 92.9 Å². The molecule has 4 N–H and O–H groups in total. The molecule has 7 heteroatoms. The number of hydrogen-bond acceptors (Lipinski definition) is 5. The van der Waals surface area contributed by atoms with Gasteiger partial charge in [-0.2, -0.15) is 5.48 Å². The first kappa shape index (κ1) is 14.4. The van der Waals surface area contributed by atoms with Crippen molar-refractivity contribution in [2.75, 3.05) is 0 Å². The molecule has 0 heterocycles. The minimum atomic E-state index is -1.17. The fraction of sp³-hybridized carbons (Fsp3) is 0.667. The van der Waals surface area contributed by atoms with E-state index < -0.39 is 23.9 Å². The average molecular weight is 232 g/mol. The number of aliphatic carboxylic acids is 1. The van der Waals surface area contributed by atoms with Gasteiger partial charge in [0.05, 0.1) is 0 Å². The normalized spacial score (nSPS) is 11.6. The van der Waals surface area contributed by atoms with Crippen LogP contribution in [-0.2, 0) is 19.2 Å². The minimum Gasteiger partial charge on any atom is -0.480 e. The van der Waals surface area contributed by atoms with Crippen LogP contribution in [0.1, 0.15) is 32.6 Å². The summed E-state index contributed by atoms with van der Waals surface area (Å²) in [5.74, 6) is -2.27. The van der Waals surface area contributed by atoms with Gasteiger partial charge in [0.25, 0.3) is 5.91 Å². The number of carboxylic acids is 1. The molecule has 92 valence electrons. The van der Waals surface area contributed by atoms with Crippen LogP contribution in [0, 0.1) is 0 Å². The van der Waals surface area contributed by atoms with Crippen LogP contribution in [0.15, 0.2) is 0 Å². The van der Waals surface area contributed by atoms with E-state index in [1.54, 1.807) is 6.92 Å². The molecule has 0 aromatic carbocycles. The molecule has 0 aliphatic carbocycles. The van der Waals surface area contributed by atoms with Crippen molar-refractivity contribution >= 4 is 17.8 Å². The molecule has 16 heavy (non-hydrogen) atoms. The summed E-state index contributed by atoms with van der Waals surface area (Å²) in [5.41, 5.74) is 7.11. The van der Waals surface area contributed by atoms with Crippen LogP contribution in [0.25, 0.3) is 0 Å². The quantitative estimate of drug-likeness (QED) is 0.534. The maximum absolute atomic E-state index is 11.0. The first-order chi connectivity index (χ1) is 7.47.